The molecule has 7 heteroatoms. The van der Waals surface area contributed by atoms with E-state index in [4.69, 9.17) is 0 Å². The highest BCUT2D eigenvalue weighted by Gasteiger charge is 2.40. The van der Waals surface area contributed by atoms with E-state index in [1.165, 1.54) is 12.8 Å². The van der Waals surface area contributed by atoms with E-state index in [2.05, 4.69) is 22.6 Å². The minimum Gasteiger partial charge on any atom is -0.322 e. The maximum absolute atomic E-state index is 13.2. The molecule has 2 unspecified atom stereocenters. The second-order valence-corrected chi connectivity index (χ2v) is 8.12. The zero-order valence-corrected chi connectivity index (χ0v) is 16.4. The molecule has 150 valence electrons. The summed E-state index contributed by atoms with van der Waals surface area (Å²) >= 11 is 0. The van der Waals surface area contributed by atoms with Crippen LogP contribution in [0.25, 0.3) is 0 Å². The average Bonchev–Trinajstić information content (AvgIpc) is 2.85. The number of carbonyl (C=O) groups excluding carboxylic acids is 3. The van der Waals surface area contributed by atoms with Crippen molar-refractivity contribution in [3.8, 4) is 0 Å². The smallest absolute Gasteiger partial charge is 0.255 e. The lowest BCUT2D eigenvalue weighted by molar-refractivity contribution is -0.136. The second-order valence-electron chi connectivity index (χ2n) is 8.12. The van der Waals surface area contributed by atoms with Crippen LogP contribution >= 0.6 is 0 Å². The number of fused-ring (bicyclic) bond motifs is 1. The van der Waals surface area contributed by atoms with Crippen molar-refractivity contribution < 1.29 is 14.4 Å². The van der Waals surface area contributed by atoms with E-state index in [1.807, 2.05) is 18.2 Å². The van der Waals surface area contributed by atoms with E-state index in [-0.39, 0.29) is 24.1 Å². The van der Waals surface area contributed by atoms with Crippen LogP contribution in [0.1, 0.15) is 53.6 Å². The summed E-state index contributed by atoms with van der Waals surface area (Å²) in [4.78, 5) is 40.8. The average molecular weight is 384 g/mol. The Kier molecular flexibility index (Phi) is 5.46. The molecule has 2 atom stereocenters. The monoisotopic (exact) mass is 384 g/mol. The van der Waals surface area contributed by atoms with Gasteiger partial charge >= 0.3 is 0 Å². The van der Waals surface area contributed by atoms with Gasteiger partial charge in [-0.2, -0.15) is 0 Å². The largest absolute Gasteiger partial charge is 0.322 e. The molecule has 0 aromatic heterocycles. The quantitative estimate of drug-likeness (QED) is 0.758. The van der Waals surface area contributed by atoms with Crippen molar-refractivity contribution in [1.82, 2.24) is 20.4 Å². The van der Waals surface area contributed by atoms with Gasteiger partial charge in [0, 0.05) is 37.7 Å². The van der Waals surface area contributed by atoms with Crippen molar-refractivity contribution in [2.75, 3.05) is 20.1 Å². The number of rotatable bonds is 4. The summed E-state index contributed by atoms with van der Waals surface area (Å²) in [6, 6.07) is 5.88. The van der Waals surface area contributed by atoms with Crippen LogP contribution in [-0.2, 0) is 22.7 Å². The van der Waals surface area contributed by atoms with Gasteiger partial charge in [0.1, 0.15) is 6.04 Å². The Hall–Kier alpha value is -2.25. The Bertz CT molecular complexity index is 786. The number of piperidine rings is 1. The second kappa shape index (κ2) is 8.01. The Balaban J connectivity index is 1.51. The third kappa shape index (κ3) is 3.69. The van der Waals surface area contributed by atoms with Crippen LogP contribution in [0.2, 0.25) is 0 Å². The summed E-state index contributed by atoms with van der Waals surface area (Å²) < 4.78 is 0. The fourth-order valence-corrected chi connectivity index (χ4v) is 4.60. The van der Waals surface area contributed by atoms with Gasteiger partial charge in [0.2, 0.25) is 11.8 Å². The summed E-state index contributed by atoms with van der Waals surface area (Å²) in [5.74, 6) is -0.710. The zero-order valence-electron chi connectivity index (χ0n) is 16.4. The normalized spacial score (nSPS) is 25.6. The van der Waals surface area contributed by atoms with Gasteiger partial charge in [0.05, 0.1) is 0 Å². The van der Waals surface area contributed by atoms with Crippen LogP contribution < -0.4 is 10.6 Å². The topological polar surface area (TPSA) is 81.8 Å². The number of nitrogens with zero attached hydrogens (tertiary/aromatic N) is 2. The van der Waals surface area contributed by atoms with Crippen LogP contribution in [0.5, 0.6) is 0 Å². The summed E-state index contributed by atoms with van der Waals surface area (Å²) in [6.07, 6.45) is 4.27. The number of hydrogen-bond donors (Lipinski definition) is 2. The molecular formula is C21H28N4O3. The number of imide groups is 1. The summed E-state index contributed by atoms with van der Waals surface area (Å²) in [5, 5.41) is 5.86. The third-order valence-corrected chi connectivity index (χ3v) is 6.20. The van der Waals surface area contributed by atoms with Gasteiger partial charge in [-0.3, -0.25) is 24.6 Å². The molecule has 0 saturated carbocycles. The summed E-state index contributed by atoms with van der Waals surface area (Å²) in [7, 11) is 2.12. The lowest BCUT2D eigenvalue weighted by Crippen LogP contribution is -2.52. The molecular weight excluding hydrogens is 356 g/mol. The maximum atomic E-state index is 13.2. The van der Waals surface area contributed by atoms with Crippen molar-refractivity contribution in [3.63, 3.8) is 0 Å². The molecule has 0 radical (unpaired) electrons. The lowest BCUT2D eigenvalue weighted by Gasteiger charge is -2.29. The minimum absolute atomic E-state index is 0.0903. The fraction of sp³-hybridized carbons (Fsp3) is 0.571. The van der Waals surface area contributed by atoms with Gasteiger partial charge in [-0.05, 0) is 44.0 Å². The first-order chi connectivity index (χ1) is 13.5. The number of amides is 3. The molecule has 2 saturated heterocycles. The lowest BCUT2D eigenvalue weighted by atomic mass is 10.0. The van der Waals surface area contributed by atoms with Crippen LogP contribution in [0.3, 0.4) is 0 Å². The van der Waals surface area contributed by atoms with Gasteiger partial charge in [0.25, 0.3) is 5.91 Å². The van der Waals surface area contributed by atoms with Crippen molar-refractivity contribution in [2.45, 2.75) is 57.3 Å². The Morgan fingerprint density at radius 1 is 1.18 bits per heavy atom. The molecule has 4 rings (SSSR count). The molecule has 1 aromatic rings. The predicted molar refractivity (Wildman–Crippen MR) is 104 cm³/mol. The molecule has 1 aromatic carbocycles. The van der Waals surface area contributed by atoms with Crippen LogP contribution in [-0.4, -0.2) is 59.7 Å². The van der Waals surface area contributed by atoms with Gasteiger partial charge in [0.15, 0.2) is 0 Å². The van der Waals surface area contributed by atoms with Crippen molar-refractivity contribution in [1.29, 1.82) is 0 Å². The van der Waals surface area contributed by atoms with Crippen LogP contribution in [0.4, 0.5) is 0 Å². The van der Waals surface area contributed by atoms with E-state index in [0.29, 0.717) is 25.6 Å². The van der Waals surface area contributed by atoms with Crippen LogP contribution in [0, 0.1) is 0 Å². The number of benzene rings is 1. The molecule has 7 nitrogen and oxygen atoms in total. The van der Waals surface area contributed by atoms with E-state index in [0.717, 1.165) is 36.2 Å². The first kappa shape index (κ1) is 19.1. The fourth-order valence-electron chi connectivity index (χ4n) is 4.60. The summed E-state index contributed by atoms with van der Waals surface area (Å²) in [6.45, 7) is 3.19. The first-order valence-corrected chi connectivity index (χ1v) is 10.2. The number of carbonyl (C=O) groups is 3. The molecule has 0 bridgehead atoms. The number of hydrogen-bond acceptors (Lipinski definition) is 5. The van der Waals surface area contributed by atoms with E-state index >= 15 is 0 Å². The molecule has 28 heavy (non-hydrogen) atoms. The molecule has 0 spiro atoms. The highest BCUT2D eigenvalue weighted by Crippen LogP contribution is 2.30. The minimum atomic E-state index is -0.561. The van der Waals surface area contributed by atoms with Crippen LogP contribution in [0.15, 0.2) is 18.2 Å². The Labute approximate surface area is 165 Å². The highest BCUT2D eigenvalue weighted by atomic mass is 16.2. The van der Waals surface area contributed by atoms with Gasteiger partial charge in [-0.25, -0.2) is 0 Å². The molecule has 3 amide bonds. The number of likely N-dealkylation sites (N-methyl/N-ethyl adjacent to an activating group) is 1. The molecule has 3 heterocycles. The molecule has 3 aliphatic rings. The highest BCUT2D eigenvalue weighted by molar-refractivity contribution is 6.05. The Morgan fingerprint density at radius 3 is 2.86 bits per heavy atom. The third-order valence-electron chi connectivity index (χ3n) is 6.20. The maximum Gasteiger partial charge on any atom is 0.255 e. The standard InChI is InChI=1S/C21H28N4O3/c1-24(16-7-2-3-10-22-11-16)12-14-5-4-6-15-13-25(21(28)19(14)15)17-8-9-18(26)23-20(17)27/h4-6,16-17,22H,2-3,7-13H2,1H3,(H,23,26,27). The van der Waals surface area contributed by atoms with Crippen molar-refractivity contribution in [2.24, 2.45) is 0 Å². The zero-order chi connectivity index (χ0) is 19.7. The van der Waals surface area contributed by atoms with Gasteiger partial charge in [-0.15, -0.1) is 0 Å². The van der Waals surface area contributed by atoms with Gasteiger partial charge in [-0.1, -0.05) is 24.6 Å². The van der Waals surface area contributed by atoms with E-state index in [1.54, 1.807) is 4.90 Å². The molecule has 0 aliphatic carbocycles. The predicted octanol–water partition coefficient (Wildman–Crippen LogP) is 1.02. The summed E-state index contributed by atoms with van der Waals surface area (Å²) in [5.41, 5.74) is 2.73. The molecule has 2 N–H and O–H groups in total. The molecule has 2 fully saturated rings. The van der Waals surface area contributed by atoms with Gasteiger partial charge < -0.3 is 10.2 Å². The first-order valence-electron chi connectivity index (χ1n) is 10.2. The molecule has 3 aliphatic heterocycles. The Morgan fingerprint density at radius 2 is 2.04 bits per heavy atom. The van der Waals surface area contributed by atoms with Crippen molar-refractivity contribution >= 4 is 17.7 Å². The van der Waals surface area contributed by atoms with E-state index in [9.17, 15) is 14.4 Å². The van der Waals surface area contributed by atoms with E-state index < -0.39 is 6.04 Å². The number of nitrogens with one attached hydrogen (secondary N) is 2. The SMILES string of the molecule is CN(Cc1cccc2c1C(=O)N(C1CCC(=O)NC1=O)C2)C1CCCCNC1. The van der Waals surface area contributed by atoms with Crippen molar-refractivity contribution in [3.05, 3.63) is 34.9 Å².